The van der Waals surface area contributed by atoms with Crippen molar-refractivity contribution in [2.75, 3.05) is 19.7 Å². The van der Waals surface area contributed by atoms with Gasteiger partial charge in [0.25, 0.3) is 5.91 Å². The van der Waals surface area contributed by atoms with E-state index in [0.717, 1.165) is 18.4 Å². The molecule has 5 nitrogen and oxygen atoms in total. The van der Waals surface area contributed by atoms with Gasteiger partial charge in [0.2, 0.25) is 0 Å². The molecule has 1 fully saturated rings. The van der Waals surface area contributed by atoms with Gasteiger partial charge in [0, 0.05) is 24.7 Å². The second kappa shape index (κ2) is 8.18. The van der Waals surface area contributed by atoms with E-state index in [0.29, 0.717) is 31.2 Å². The fourth-order valence-corrected chi connectivity index (χ4v) is 2.69. The number of rotatable bonds is 4. The molecule has 1 saturated heterocycles. The van der Waals surface area contributed by atoms with Gasteiger partial charge in [-0.1, -0.05) is 19.9 Å². The summed E-state index contributed by atoms with van der Waals surface area (Å²) in [7, 11) is 0. The van der Waals surface area contributed by atoms with Crippen LogP contribution in [0.25, 0.3) is 0 Å². The van der Waals surface area contributed by atoms with Gasteiger partial charge in [-0.2, -0.15) is 0 Å². The highest BCUT2D eigenvalue weighted by atomic mass is 16.6. The summed E-state index contributed by atoms with van der Waals surface area (Å²) in [5, 5.41) is 3.07. The fourth-order valence-electron chi connectivity index (χ4n) is 2.69. The van der Waals surface area contributed by atoms with Gasteiger partial charge in [0.05, 0.1) is 6.61 Å². The van der Waals surface area contributed by atoms with E-state index in [4.69, 9.17) is 4.74 Å². The van der Waals surface area contributed by atoms with Gasteiger partial charge in [0.15, 0.2) is 0 Å². The van der Waals surface area contributed by atoms with Crippen LogP contribution in [0.5, 0.6) is 0 Å². The number of benzene rings is 1. The standard InChI is InChI=1S/C19H28N2O3/c1-13(2)12-24-19(23)21-9-7-17(8-10-21)20-18(22)16-6-5-14(3)15(4)11-16/h5-6,11,13,17H,7-10,12H2,1-4H3,(H,20,22). The Morgan fingerprint density at radius 1 is 1.21 bits per heavy atom. The van der Waals surface area contributed by atoms with Crippen molar-refractivity contribution in [2.45, 2.75) is 46.6 Å². The highest BCUT2D eigenvalue weighted by molar-refractivity contribution is 5.94. The summed E-state index contributed by atoms with van der Waals surface area (Å²) < 4.78 is 5.25. The molecule has 132 valence electrons. The molecular formula is C19H28N2O3. The lowest BCUT2D eigenvalue weighted by Crippen LogP contribution is -2.46. The molecule has 0 radical (unpaired) electrons. The van der Waals surface area contributed by atoms with E-state index >= 15 is 0 Å². The summed E-state index contributed by atoms with van der Waals surface area (Å²) in [6.45, 7) is 9.76. The third kappa shape index (κ3) is 4.98. The van der Waals surface area contributed by atoms with E-state index < -0.39 is 0 Å². The van der Waals surface area contributed by atoms with Crippen molar-refractivity contribution in [3.8, 4) is 0 Å². The molecule has 1 aromatic carbocycles. The summed E-state index contributed by atoms with van der Waals surface area (Å²) in [6.07, 6.45) is 1.27. The topological polar surface area (TPSA) is 58.6 Å². The van der Waals surface area contributed by atoms with E-state index in [9.17, 15) is 9.59 Å². The Hall–Kier alpha value is -2.04. The number of amides is 2. The normalized spacial score (nSPS) is 15.5. The summed E-state index contributed by atoms with van der Waals surface area (Å²) in [5.74, 6) is 0.294. The lowest BCUT2D eigenvalue weighted by Gasteiger charge is -2.31. The fraction of sp³-hybridized carbons (Fsp3) is 0.579. The highest BCUT2D eigenvalue weighted by Gasteiger charge is 2.25. The molecule has 0 saturated carbocycles. The zero-order valence-corrected chi connectivity index (χ0v) is 15.1. The van der Waals surface area contributed by atoms with Gasteiger partial charge < -0.3 is 15.0 Å². The quantitative estimate of drug-likeness (QED) is 0.920. The van der Waals surface area contributed by atoms with Crippen molar-refractivity contribution >= 4 is 12.0 Å². The van der Waals surface area contributed by atoms with Crippen LogP contribution in [-0.2, 0) is 4.74 Å². The monoisotopic (exact) mass is 332 g/mol. The number of carbonyl (C=O) groups is 2. The van der Waals surface area contributed by atoms with Crippen LogP contribution in [-0.4, -0.2) is 42.6 Å². The first-order chi connectivity index (χ1) is 11.4. The third-order valence-electron chi connectivity index (χ3n) is 4.40. The molecule has 1 aliphatic rings. The molecule has 0 atom stereocenters. The Bertz CT molecular complexity index is 590. The maximum absolute atomic E-state index is 12.4. The number of hydrogen-bond donors (Lipinski definition) is 1. The minimum absolute atomic E-state index is 0.0427. The van der Waals surface area contributed by atoms with Crippen LogP contribution < -0.4 is 5.32 Å². The number of nitrogens with one attached hydrogen (secondary N) is 1. The Balaban J connectivity index is 1.81. The van der Waals surface area contributed by atoms with Crippen LogP contribution in [0.1, 0.15) is 48.2 Å². The number of piperidine rings is 1. The molecule has 1 heterocycles. The van der Waals surface area contributed by atoms with Crippen molar-refractivity contribution in [2.24, 2.45) is 5.92 Å². The third-order valence-corrected chi connectivity index (χ3v) is 4.40. The molecule has 0 aromatic heterocycles. The molecule has 1 N–H and O–H groups in total. The van der Waals surface area contributed by atoms with Crippen LogP contribution in [0.2, 0.25) is 0 Å². The summed E-state index contributed by atoms with van der Waals surface area (Å²) >= 11 is 0. The molecule has 2 amide bonds. The smallest absolute Gasteiger partial charge is 0.409 e. The molecule has 0 aliphatic carbocycles. The Morgan fingerprint density at radius 2 is 1.88 bits per heavy atom. The van der Waals surface area contributed by atoms with Crippen LogP contribution in [0.4, 0.5) is 4.79 Å². The predicted octanol–water partition coefficient (Wildman–Crippen LogP) is 3.29. The molecule has 1 aliphatic heterocycles. The molecule has 1 aromatic rings. The maximum Gasteiger partial charge on any atom is 0.409 e. The molecule has 0 unspecified atom stereocenters. The first-order valence-electron chi connectivity index (χ1n) is 8.66. The molecule has 24 heavy (non-hydrogen) atoms. The van der Waals surface area contributed by atoms with Gasteiger partial charge in [-0.3, -0.25) is 4.79 Å². The minimum Gasteiger partial charge on any atom is -0.449 e. The van der Waals surface area contributed by atoms with Crippen LogP contribution in [0.15, 0.2) is 18.2 Å². The van der Waals surface area contributed by atoms with E-state index in [1.54, 1.807) is 4.90 Å². The summed E-state index contributed by atoms with van der Waals surface area (Å²) in [5.41, 5.74) is 2.99. The lowest BCUT2D eigenvalue weighted by molar-refractivity contribution is 0.0785. The number of carbonyl (C=O) groups excluding carboxylic acids is 2. The average molecular weight is 332 g/mol. The van der Waals surface area contributed by atoms with Gasteiger partial charge in [0.1, 0.15) is 0 Å². The largest absolute Gasteiger partial charge is 0.449 e. The summed E-state index contributed by atoms with van der Waals surface area (Å²) in [6, 6.07) is 5.85. The van der Waals surface area contributed by atoms with E-state index in [-0.39, 0.29) is 18.0 Å². The Kier molecular flexibility index (Phi) is 6.23. The van der Waals surface area contributed by atoms with Crippen molar-refractivity contribution in [1.82, 2.24) is 10.2 Å². The highest BCUT2D eigenvalue weighted by Crippen LogP contribution is 2.14. The van der Waals surface area contributed by atoms with Crippen LogP contribution in [0.3, 0.4) is 0 Å². The molecule has 0 spiro atoms. The number of nitrogens with zero attached hydrogens (tertiary/aromatic N) is 1. The zero-order valence-electron chi connectivity index (χ0n) is 15.1. The first-order valence-corrected chi connectivity index (χ1v) is 8.66. The SMILES string of the molecule is Cc1ccc(C(=O)NC2CCN(C(=O)OCC(C)C)CC2)cc1C. The summed E-state index contributed by atoms with van der Waals surface area (Å²) in [4.78, 5) is 26.0. The van der Waals surface area contributed by atoms with Crippen LogP contribution >= 0.6 is 0 Å². The average Bonchev–Trinajstić information content (AvgIpc) is 2.55. The zero-order chi connectivity index (χ0) is 17.7. The number of likely N-dealkylation sites (tertiary alicyclic amines) is 1. The van der Waals surface area contributed by atoms with Gasteiger partial charge in [-0.15, -0.1) is 0 Å². The minimum atomic E-state index is -0.248. The van der Waals surface area contributed by atoms with E-state index in [1.807, 2.05) is 45.9 Å². The predicted molar refractivity (Wildman–Crippen MR) is 94.2 cm³/mol. The lowest BCUT2D eigenvalue weighted by atomic mass is 10.0. The number of aryl methyl sites for hydroxylation is 2. The second-order valence-electron chi connectivity index (χ2n) is 7.00. The van der Waals surface area contributed by atoms with Crippen molar-refractivity contribution in [1.29, 1.82) is 0 Å². The van der Waals surface area contributed by atoms with E-state index in [1.165, 1.54) is 5.56 Å². The number of ether oxygens (including phenoxy) is 1. The van der Waals surface area contributed by atoms with Crippen molar-refractivity contribution < 1.29 is 14.3 Å². The Morgan fingerprint density at radius 3 is 2.46 bits per heavy atom. The van der Waals surface area contributed by atoms with E-state index in [2.05, 4.69) is 5.32 Å². The van der Waals surface area contributed by atoms with Gasteiger partial charge >= 0.3 is 6.09 Å². The maximum atomic E-state index is 12.4. The molecular weight excluding hydrogens is 304 g/mol. The first kappa shape index (κ1) is 18.3. The second-order valence-corrected chi connectivity index (χ2v) is 7.00. The molecule has 5 heteroatoms. The Labute approximate surface area is 144 Å². The van der Waals surface area contributed by atoms with Crippen molar-refractivity contribution in [3.63, 3.8) is 0 Å². The number of hydrogen-bond acceptors (Lipinski definition) is 3. The molecule has 0 bridgehead atoms. The van der Waals surface area contributed by atoms with Gasteiger partial charge in [-0.05, 0) is 55.9 Å². The molecule has 2 rings (SSSR count). The van der Waals surface area contributed by atoms with Crippen molar-refractivity contribution in [3.05, 3.63) is 34.9 Å². The van der Waals surface area contributed by atoms with Gasteiger partial charge in [-0.25, -0.2) is 4.79 Å². The van der Waals surface area contributed by atoms with Crippen LogP contribution in [0, 0.1) is 19.8 Å².